The van der Waals surface area contributed by atoms with E-state index >= 15 is 0 Å². The largest absolute Gasteiger partial charge is 0.393 e. The summed E-state index contributed by atoms with van der Waals surface area (Å²) in [6.45, 7) is 5.44. The van der Waals surface area contributed by atoms with Crippen molar-refractivity contribution in [1.82, 2.24) is 4.98 Å². The normalized spacial score (nSPS) is 12.5. The van der Waals surface area contributed by atoms with Crippen LogP contribution in [0.15, 0.2) is 55.3 Å². The number of aliphatic hydroxyl groups is 1. The van der Waals surface area contributed by atoms with Crippen molar-refractivity contribution in [2.45, 2.75) is 38.7 Å². The fraction of sp³-hybridized carbons (Fsp3) is 0.286. The molecule has 1 N–H and O–H groups in total. The lowest BCUT2D eigenvalue weighted by Crippen LogP contribution is -1.97. The maximum Gasteiger partial charge on any atom is 0.127 e. The maximum absolute atomic E-state index is 14.0. The van der Waals surface area contributed by atoms with Crippen LogP contribution in [0.5, 0.6) is 0 Å². The number of hydrogen-bond donors (Lipinski definition) is 1. The molecule has 1 aromatic heterocycles. The van der Waals surface area contributed by atoms with Gasteiger partial charge in [0.1, 0.15) is 5.82 Å². The number of rotatable bonds is 8. The van der Waals surface area contributed by atoms with Crippen molar-refractivity contribution < 1.29 is 9.50 Å². The van der Waals surface area contributed by atoms with Gasteiger partial charge in [0.2, 0.25) is 0 Å². The zero-order valence-electron chi connectivity index (χ0n) is 14.1. The van der Waals surface area contributed by atoms with Crippen LogP contribution in [0.3, 0.4) is 0 Å². The van der Waals surface area contributed by atoms with Gasteiger partial charge in [-0.15, -0.1) is 6.58 Å². The molecule has 3 heteroatoms. The maximum atomic E-state index is 14.0. The summed E-state index contributed by atoms with van der Waals surface area (Å²) < 4.78 is 14.0. The molecule has 2 rings (SSSR count). The van der Waals surface area contributed by atoms with Gasteiger partial charge in [-0.25, -0.2) is 4.39 Å². The van der Waals surface area contributed by atoms with E-state index in [1.807, 2.05) is 24.3 Å². The molecule has 0 aliphatic rings. The van der Waals surface area contributed by atoms with Crippen LogP contribution in [0.25, 0.3) is 17.3 Å². The second kappa shape index (κ2) is 9.14. The smallest absolute Gasteiger partial charge is 0.127 e. The Kier molecular flexibility index (Phi) is 6.89. The average Bonchev–Trinajstić information content (AvgIpc) is 2.57. The Balaban J connectivity index is 2.00. The van der Waals surface area contributed by atoms with Gasteiger partial charge < -0.3 is 5.11 Å². The van der Waals surface area contributed by atoms with E-state index in [-0.39, 0.29) is 11.9 Å². The zero-order chi connectivity index (χ0) is 17.4. The molecule has 0 saturated carbocycles. The van der Waals surface area contributed by atoms with Gasteiger partial charge in [0, 0.05) is 11.8 Å². The molecule has 0 fully saturated rings. The first-order chi connectivity index (χ1) is 11.6. The van der Waals surface area contributed by atoms with Crippen molar-refractivity contribution in [3.63, 3.8) is 0 Å². The molecule has 0 bridgehead atoms. The Morgan fingerprint density at radius 3 is 2.75 bits per heavy atom. The molecule has 1 aromatic carbocycles. The molecule has 0 spiro atoms. The summed E-state index contributed by atoms with van der Waals surface area (Å²) in [7, 11) is 0. The Hall–Kier alpha value is -2.26. The highest BCUT2D eigenvalue weighted by molar-refractivity contribution is 5.61. The van der Waals surface area contributed by atoms with E-state index in [0.29, 0.717) is 12.0 Å². The van der Waals surface area contributed by atoms with Crippen molar-refractivity contribution in [2.24, 2.45) is 0 Å². The highest BCUT2D eigenvalue weighted by Crippen LogP contribution is 2.21. The van der Waals surface area contributed by atoms with Crippen molar-refractivity contribution in [3.05, 3.63) is 72.2 Å². The minimum atomic E-state index is -0.238. The first-order valence-corrected chi connectivity index (χ1v) is 8.30. The third-order valence-corrected chi connectivity index (χ3v) is 3.80. The van der Waals surface area contributed by atoms with E-state index in [2.05, 4.69) is 17.6 Å². The number of nitrogens with zero attached hydrogens (tertiary/aromatic N) is 1. The number of hydrogen-bond acceptors (Lipinski definition) is 2. The quantitative estimate of drug-likeness (QED) is 0.536. The lowest BCUT2D eigenvalue weighted by Gasteiger charge is -2.05. The first-order valence-electron chi connectivity index (χ1n) is 8.30. The number of benzene rings is 1. The van der Waals surface area contributed by atoms with Crippen LogP contribution in [-0.4, -0.2) is 16.2 Å². The summed E-state index contributed by atoms with van der Waals surface area (Å²) in [4.78, 5) is 4.41. The summed E-state index contributed by atoms with van der Waals surface area (Å²) in [6.07, 6.45) is 10.6. The molecule has 0 saturated heterocycles. The number of halogens is 1. The predicted molar refractivity (Wildman–Crippen MR) is 98.1 cm³/mol. The van der Waals surface area contributed by atoms with Crippen LogP contribution >= 0.6 is 0 Å². The van der Waals surface area contributed by atoms with Crippen molar-refractivity contribution in [3.8, 4) is 11.3 Å². The van der Waals surface area contributed by atoms with Crippen LogP contribution in [0.1, 0.15) is 37.3 Å². The van der Waals surface area contributed by atoms with Gasteiger partial charge in [-0.2, -0.15) is 0 Å². The average molecular weight is 325 g/mol. The van der Waals surface area contributed by atoms with Gasteiger partial charge >= 0.3 is 0 Å². The first kappa shape index (κ1) is 18.1. The number of pyridine rings is 1. The summed E-state index contributed by atoms with van der Waals surface area (Å²) in [6, 6.07) is 9.06. The van der Waals surface area contributed by atoms with E-state index in [0.717, 1.165) is 36.1 Å². The van der Waals surface area contributed by atoms with Gasteiger partial charge in [0.15, 0.2) is 0 Å². The minimum absolute atomic E-state index is 0.226. The number of aliphatic hydroxyl groups excluding tert-OH is 1. The molecule has 2 nitrogen and oxygen atoms in total. The number of unbranched alkanes of at least 4 members (excludes halogenated alkanes) is 1. The van der Waals surface area contributed by atoms with Crippen LogP contribution < -0.4 is 0 Å². The van der Waals surface area contributed by atoms with E-state index in [1.54, 1.807) is 25.3 Å². The third-order valence-electron chi connectivity index (χ3n) is 3.80. The van der Waals surface area contributed by atoms with Gasteiger partial charge in [-0.05, 0) is 55.9 Å². The van der Waals surface area contributed by atoms with Crippen LogP contribution in [0, 0.1) is 5.82 Å². The van der Waals surface area contributed by atoms with Crippen molar-refractivity contribution >= 4 is 6.08 Å². The molecule has 1 heterocycles. The van der Waals surface area contributed by atoms with E-state index in [9.17, 15) is 9.50 Å². The van der Waals surface area contributed by atoms with E-state index in [1.165, 1.54) is 6.07 Å². The lowest BCUT2D eigenvalue weighted by atomic mass is 10.1. The highest BCUT2D eigenvalue weighted by Gasteiger charge is 2.05. The van der Waals surface area contributed by atoms with Crippen LogP contribution in [-0.2, 0) is 6.42 Å². The van der Waals surface area contributed by atoms with Gasteiger partial charge in [0.05, 0.1) is 11.8 Å². The summed E-state index contributed by atoms with van der Waals surface area (Å²) in [5.74, 6) is -0.226. The predicted octanol–water partition coefficient (Wildman–Crippen LogP) is 5.18. The third kappa shape index (κ3) is 5.43. The Morgan fingerprint density at radius 1 is 1.29 bits per heavy atom. The molecule has 126 valence electrons. The highest BCUT2D eigenvalue weighted by atomic mass is 19.1. The summed E-state index contributed by atoms with van der Waals surface area (Å²) >= 11 is 0. The lowest BCUT2D eigenvalue weighted by molar-refractivity contribution is 0.182. The van der Waals surface area contributed by atoms with Gasteiger partial charge in [-0.3, -0.25) is 4.98 Å². The Morgan fingerprint density at radius 2 is 2.12 bits per heavy atom. The Labute approximate surface area is 143 Å². The van der Waals surface area contributed by atoms with E-state index in [4.69, 9.17) is 0 Å². The fourth-order valence-electron chi connectivity index (χ4n) is 2.45. The standard InChI is InChI=1S/C21H24FNO/c1-3-7-18-11-12-19(14-20(18)22)21-13-10-17(15-23-21)9-6-4-5-8-16(2)24/h3,6,9-16,24H,1,4-5,7-8H2,2H3. The number of allylic oxidation sites excluding steroid dienone is 2. The monoisotopic (exact) mass is 325 g/mol. The molecular weight excluding hydrogens is 301 g/mol. The molecule has 1 unspecified atom stereocenters. The topological polar surface area (TPSA) is 33.1 Å². The van der Waals surface area contributed by atoms with Crippen LogP contribution in [0.4, 0.5) is 4.39 Å². The molecule has 2 aromatic rings. The molecule has 0 aliphatic heterocycles. The summed E-state index contributed by atoms with van der Waals surface area (Å²) in [5.41, 5.74) is 3.18. The van der Waals surface area contributed by atoms with Gasteiger partial charge in [0.25, 0.3) is 0 Å². The molecule has 1 atom stereocenters. The zero-order valence-corrected chi connectivity index (χ0v) is 14.1. The molecule has 0 radical (unpaired) electrons. The molecule has 0 amide bonds. The molecular formula is C21H24FNO. The molecule has 0 aliphatic carbocycles. The summed E-state index contributed by atoms with van der Waals surface area (Å²) in [5, 5.41) is 9.21. The second-order valence-corrected chi connectivity index (χ2v) is 5.96. The minimum Gasteiger partial charge on any atom is -0.393 e. The number of aromatic nitrogens is 1. The SMILES string of the molecule is C=CCc1ccc(-c2ccc(C=CCCCC(C)O)cn2)cc1F. The second-order valence-electron chi connectivity index (χ2n) is 5.96. The van der Waals surface area contributed by atoms with E-state index < -0.39 is 0 Å². The van der Waals surface area contributed by atoms with Crippen molar-refractivity contribution in [2.75, 3.05) is 0 Å². The van der Waals surface area contributed by atoms with Crippen molar-refractivity contribution in [1.29, 1.82) is 0 Å². The van der Waals surface area contributed by atoms with Crippen LogP contribution in [0.2, 0.25) is 0 Å². The molecule has 24 heavy (non-hydrogen) atoms. The fourth-order valence-corrected chi connectivity index (χ4v) is 2.45. The van der Waals surface area contributed by atoms with Gasteiger partial charge in [-0.1, -0.05) is 36.4 Å². The Bertz CT molecular complexity index is 689.